The van der Waals surface area contributed by atoms with E-state index >= 15 is 0 Å². The predicted octanol–water partition coefficient (Wildman–Crippen LogP) is 3.02. The van der Waals surface area contributed by atoms with Crippen molar-refractivity contribution >= 4 is 12.2 Å². The van der Waals surface area contributed by atoms with Gasteiger partial charge >= 0.3 is 12.2 Å². The molecule has 0 radical (unpaired) electrons. The summed E-state index contributed by atoms with van der Waals surface area (Å²) in [5.74, 6) is -0.00989. The molecular formula is C24H38N2O7. The molecule has 1 saturated carbocycles. The van der Waals surface area contributed by atoms with E-state index in [4.69, 9.17) is 23.7 Å². The van der Waals surface area contributed by atoms with Gasteiger partial charge in [-0.05, 0) is 53.9 Å². The van der Waals surface area contributed by atoms with Crippen LogP contribution >= 0.6 is 0 Å². The van der Waals surface area contributed by atoms with Crippen LogP contribution in [0.15, 0.2) is 11.6 Å². The Labute approximate surface area is 196 Å². The van der Waals surface area contributed by atoms with E-state index in [0.717, 1.165) is 12.8 Å². The van der Waals surface area contributed by atoms with Gasteiger partial charge < -0.3 is 33.9 Å². The van der Waals surface area contributed by atoms with Crippen LogP contribution in [0.1, 0.15) is 53.9 Å². The van der Waals surface area contributed by atoms with E-state index < -0.39 is 12.2 Å². The molecule has 4 fully saturated rings. The van der Waals surface area contributed by atoms with Gasteiger partial charge in [-0.15, -0.1) is 0 Å². The first-order chi connectivity index (χ1) is 15.6. The monoisotopic (exact) mass is 466 g/mol. The molecule has 1 aliphatic carbocycles. The summed E-state index contributed by atoms with van der Waals surface area (Å²) in [6.45, 7) is 11.4. The zero-order chi connectivity index (χ0) is 24.0. The molecule has 3 heterocycles. The van der Waals surface area contributed by atoms with E-state index in [9.17, 15) is 9.59 Å². The molecule has 1 N–H and O–H groups in total. The number of allylic oxidation sites excluding steroid dienone is 1. The fraction of sp³-hybridized carbons (Fsp3) is 0.833. The van der Waals surface area contributed by atoms with E-state index in [1.807, 2.05) is 13.8 Å². The number of hydrogen-bond donors (Lipinski definition) is 1. The quantitative estimate of drug-likeness (QED) is 0.454. The number of carbonyl (C=O) groups excluding carboxylic acids is 2. The normalized spacial score (nSPS) is 37.4. The third-order valence-corrected chi connectivity index (χ3v) is 7.28. The van der Waals surface area contributed by atoms with Crippen molar-refractivity contribution < 1.29 is 33.3 Å². The second-order valence-corrected chi connectivity index (χ2v) is 10.5. The van der Waals surface area contributed by atoms with Crippen molar-refractivity contribution in [2.75, 3.05) is 26.8 Å². The standard InChI is InChI=1S/C24H38N2O7/c1-14(2)7-8-18-23(5,33-18)20-19(29-6)17(9-10-24(20)13-30-24)32-22(28)26-11-16(12-26)31-21(27)25-15(3)4/h7,15-20H,8-13H2,1-6H3,(H,25,27)/t17?,18-,19?,20?,23+,24?/m1/s1. The third-order valence-electron chi connectivity index (χ3n) is 7.28. The summed E-state index contributed by atoms with van der Waals surface area (Å²) < 4.78 is 29.3. The molecule has 0 aromatic rings. The Balaban J connectivity index is 1.34. The highest BCUT2D eigenvalue weighted by Gasteiger charge is 2.72. The van der Waals surface area contributed by atoms with E-state index in [1.165, 1.54) is 5.57 Å². The number of alkyl carbamates (subject to hydrolysis) is 1. The molecule has 4 unspecified atom stereocenters. The molecule has 186 valence electrons. The van der Waals surface area contributed by atoms with Crippen molar-refractivity contribution in [2.24, 2.45) is 5.92 Å². The van der Waals surface area contributed by atoms with Crippen molar-refractivity contribution in [3.05, 3.63) is 11.6 Å². The first kappa shape index (κ1) is 24.3. The third kappa shape index (κ3) is 5.00. The van der Waals surface area contributed by atoms with Crippen molar-refractivity contribution in [2.45, 2.75) is 95.5 Å². The molecule has 33 heavy (non-hydrogen) atoms. The number of carbonyl (C=O) groups is 2. The second kappa shape index (κ2) is 9.07. The molecule has 4 rings (SSSR count). The van der Waals surface area contributed by atoms with Gasteiger partial charge in [0.15, 0.2) is 0 Å². The second-order valence-electron chi connectivity index (χ2n) is 10.5. The Bertz CT molecular complexity index is 786. The number of nitrogens with zero attached hydrogens (tertiary/aromatic N) is 1. The Hall–Kier alpha value is -1.84. The van der Waals surface area contributed by atoms with Crippen LogP contribution < -0.4 is 5.32 Å². The molecule has 0 aromatic heterocycles. The van der Waals surface area contributed by atoms with Crippen LogP contribution in [-0.2, 0) is 23.7 Å². The van der Waals surface area contributed by atoms with Crippen molar-refractivity contribution in [3.8, 4) is 0 Å². The molecule has 9 heteroatoms. The smallest absolute Gasteiger partial charge is 0.410 e. The zero-order valence-electron chi connectivity index (χ0n) is 20.6. The van der Waals surface area contributed by atoms with Crippen LogP contribution in [0.25, 0.3) is 0 Å². The number of likely N-dealkylation sites (tertiary alicyclic amines) is 1. The SMILES string of the molecule is COC1C(OC(=O)N2CC(OC(=O)NC(C)C)C2)CCC2(CO2)C1[C@@]1(C)O[C@@H]1CC=C(C)C. The molecule has 4 aliphatic rings. The zero-order valence-corrected chi connectivity index (χ0v) is 20.6. The van der Waals surface area contributed by atoms with Gasteiger partial charge in [0, 0.05) is 13.2 Å². The number of epoxide rings is 2. The van der Waals surface area contributed by atoms with Crippen molar-refractivity contribution in [3.63, 3.8) is 0 Å². The van der Waals surface area contributed by atoms with Crippen LogP contribution in [0.5, 0.6) is 0 Å². The van der Waals surface area contributed by atoms with Gasteiger partial charge in [-0.3, -0.25) is 0 Å². The van der Waals surface area contributed by atoms with E-state index in [-0.39, 0.29) is 47.6 Å². The molecule has 0 aromatic carbocycles. The minimum Gasteiger partial charge on any atom is -0.443 e. The maximum Gasteiger partial charge on any atom is 0.410 e. The lowest BCUT2D eigenvalue weighted by Crippen LogP contribution is -2.59. The van der Waals surface area contributed by atoms with Crippen LogP contribution in [0, 0.1) is 5.92 Å². The lowest BCUT2D eigenvalue weighted by molar-refractivity contribution is -0.126. The maximum atomic E-state index is 12.8. The number of nitrogens with one attached hydrogen (secondary N) is 1. The molecule has 3 saturated heterocycles. The largest absolute Gasteiger partial charge is 0.443 e. The predicted molar refractivity (Wildman–Crippen MR) is 120 cm³/mol. The Morgan fingerprint density at radius 2 is 1.94 bits per heavy atom. The van der Waals surface area contributed by atoms with Gasteiger partial charge in [0.05, 0.1) is 31.7 Å². The van der Waals surface area contributed by atoms with E-state index in [2.05, 4.69) is 32.2 Å². The van der Waals surface area contributed by atoms with Gasteiger partial charge in [0.2, 0.25) is 0 Å². The highest BCUT2D eigenvalue weighted by Crippen LogP contribution is 2.59. The summed E-state index contributed by atoms with van der Waals surface area (Å²) in [4.78, 5) is 26.1. The molecule has 0 bridgehead atoms. The maximum absolute atomic E-state index is 12.8. The molecule has 9 nitrogen and oxygen atoms in total. The first-order valence-electron chi connectivity index (χ1n) is 12.0. The Morgan fingerprint density at radius 3 is 2.52 bits per heavy atom. The number of amides is 2. The fourth-order valence-corrected chi connectivity index (χ4v) is 5.36. The fourth-order valence-electron chi connectivity index (χ4n) is 5.36. The van der Waals surface area contributed by atoms with Gasteiger partial charge in [-0.1, -0.05) is 11.6 Å². The number of methoxy groups -OCH3 is 1. The van der Waals surface area contributed by atoms with Crippen LogP contribution in [0.3, 0.4) is 0 Å². The average Bonchev–Trinajstić information content (AvgIpc) is 3.61. The van der Waals surface area contributed by atoms with Crippen LogP contribution in [-0.4, -0.2) is 85.6 Å². The lowest BCUT2D eigenvalue weighted by atomic mass is 9.68. The molecule has 3 aliphatic heterocycles. The number of rotatable bonds is 7. The van der Waals surface area contributed by atoms with Gasteiger partial charge in [0.1, 0.15) is 29.5 Å². The van der Waals surface area contributed by atoms with Gasteiger partial charge in [-0.2, -0.15) is 0 Å². The average molecular weight is 467 g/mol. The highest BCUT2D eigenvalue weighted by atomic mass is 16.6. The molecule has 1 spiro atoms. The summed E-state index contributed by atoms with van der Waals surface area (Å²) >= 11 is 0. The molecular weight excluding hydrogens is 428 g/mol. The van der Waals surface area contributed by atoms with Crippen molar-refractivity contribution in [1.82, 2.24) is 10.2 Å². The van der Waals surface area contributed by atoms with E-state index in [1.54, 1.807) is 12.0 Å². The topological polar surface area (TPSA) is 102 Å². The van der Waals surface area contributed by atoms with Gasteiger partial charge in [-0.25, -0.2) is 9.59 Å². The summed E-state index contributed by atoms with van der Waals surface area (Å²) in [7, 11) is 1.66. The van der Waals surface area contributed by atoms with E-state index in [0.29, 0.717) is 26.1 Å². The van der Waals surface area contributed by atoms with Crippen LogP contribution in [0.4, 0.5) is 9.59 Å². The summed E-state index contributed by atoms with van der Waals surface area (Å²) in [5, 5.41) is 2.68. The summed E-state index contributed by atoms with van der Waals surface area (Å²) in [5.41, 5.74) is 0.646. The molecule has 2 amide bonds. The Morgan fingerprint density at radius 1 is 1.24 bits per heavy atom. The van der Waals surface area contributed by atoms with Crippen LogP contribution in [0.2, 0.25) is 0 Å². The lowest BCUT2D eigenvalue weighted by Gasteiger charge is -2.44. The van der Waals surface area contributed by atoms with Gasteiger partial charge in [0.25, 0.3) is 0 Å². The summed E-state index contributed by atoms with van der Waals surface area (Å²) in [6.07, 6.45) is 2.78. The number of ether oxygens (including phenoxy) is 5. The molecule has 6 atom stereocenters. The van der Waals surface area contributed by atoms with Crippen molar-refractivity contribution in [1.29, 1.82) is 0 Å². The minimum atomic E-state index is -0.465. The first-order valence-corrected chi connectivity index (χ1v) is 12.0. The number of hydrogen-bond acceptors (Lipinski definition) is 7. The highest BCUT2D eigenvalue weighted by molar-refractivity contribution is 5.70. The summed E-state index contributed by atoms with van der Waals surface area (Å²) in [6, 6.07) is 0.00142. The minimum absolute atomic E-state index is 0.00142. The Kier molecular flexibility index (Phi) is 6.68.